The van der Waals surface area contributed by atoms with E-state index in [0.29, 0.717) is 6.54 Å². The van der Waals surface area contributed by atoms with Crippen LogP contribution in [-0.2, 0) is 19.5 Å². The van der Waals surface area contributed by atoms with Crippen molar-refractivity contribution in [2.45, 2.75) is 32.8 Å². The molecule has 0 amide bonds. The van der Waals surface area contributed by atoms with E-state index in [1.807, 2.05) is 0 Å². The second-order valence-electron chi connectivity index (χ2n) is 4.52. The van der Waals surface area contributed by atoms with Crippen LogP contribution in [0.3, 0.4) is 0 Å². The van der Waals surface area contributed by atoms with Gasteiger partial charge in [0.15, 0.2) is 0 Å². The number of nitrogens with one attached hydrogen (secondary N) is 1. The predicted molar refractivity (Wildman–Crippen MR) is 77.4 cm³/mol. The standard InChI is InChI=1S/C15H16F3NOS/c1-2-12-7-8-21-14(12)10-19-9-11-3-5-13(6-4-11)20-15(16,17)18/h3-8,19H,2,9-10H2,1H3. The molecule has 2 rings (SSSR count). The first-order chi connectivity index (χ1) is 9.98. The molecule has 0 aliphatic carbocycles. The fourth-order valence-corrected chi connectivity index (χ4v) is 2.91. The highest BCUT2D eigenvalue weighted by Gasteiger charge is 2.30. The minimum absolute atomic E-state index is 0.197. The zero-order valence-electron chi connectivity index (χ0n) is 11.5. The van der Waals surface area contributed by atoms with Crippen LogP contribution in [0.25, 0.3) is 0 Å². The lowest BCUT2D eigenvalue weighted by Crippen LogP contribution is -2.17. The maximum Gasteiger partial charge on any atom is 0.573 e. The van der Waals surface area contributed by atoms with Gasteiger partial charge < -0.3 is 10.1 Å². The Morgan fingerprint density at radius 1 is 1.10 bits per heavy atom. The number of thiophene rings is 1. The summed E-state index contributed by atoms with van der Waals surface area (Å²) in [7, 11) is 0. The topological polar surface area (TPSA) is 21.3 Å². The van der Waals surface area contributed by atoms with Crippen molar-refractivity contribution in [3.8, 4) is 5.75 Å². The van der Waals surface area contributed by atoms with Gasteiger partial charge in [0.1, 0.15) is 5.75 Å². The molecule has 0 atom stereocenters. The summed E-state index contributed by atoms with van der Waals surface area (Å²) < 4.78 is 40.0. The third-order valence-electron chi connectivity index (χ3n) is 2.99. The Morgan fingerprint density at radius 3 is 2.43 bits per heavy atom. The van der Waals surface area contributed by atoms with Crippen LogP contribution in [0, 0.1) is 0 Å². The molecule has 2 nitrogen and oxygen atoms in total. The van der Waals surface area contributed by atoms with Crippen LogP contribution in [0.1, 0.15) is 22.9 Å². The third kappa shape index (κ3) is 5.06. The van der Waals surface area contributed by atoms with Crippen molar-refractivity contribution in [2.75, 3.05) is 0 Å². The third-order valence-corrected chi connectivity index (χ3v) is 3.95. The normalized spacial score (nSPS) is 11.6. The molecular weight excluding hydrogens is 299 g/mol. The van der Waals surface area contributed by atoms with Gasteiger partial charge in [0.2, 0.25) is 0 Å². The highest BCUT2D eigenvalue weighted by Crippen LogP contribution is 2.23. The summed E-state index contributed by atoms with van der Waals surface area (Å²) in [6.07, 6.45) is -3.64. The summed E-state index contributed by atoms with van der Waals surface area (Å²) in [6, 6.07) is 8.03. The fraction of sp³-hybridized carbons (Fsp3) is 0.333. The van der Waals surface area contributed by atoms with Gasteiger partial charge in [0, 0.05) is 18.0 Å². The lowest BCUT2D eigenvalue weighted by Gasteiger charge is -2.09. The van der Waals surface area contributed by atoms with Crippen molar-refractivity contribution < 1.29 is 17.9 Å². The van der Waals surface area contributed by atoms with E-state index in [9.17, 15) is 13.2 Å². The molecule has 1 N–H and O–H groups in total. The summed E-state index contributed by atoms with van der Waals surface area (Å²) in [5.74, 6) is -0.197. The molecule has 1 heterocycles. The lowest BCUT2D eigenvalue weighted by molar-refractivity contribution is -0.274. The van der Waals surface area contributed by atoms with E-state index in [-0.39, 0.29) is 5.75 Å². The van der Waals surface area contributed by atoms with Crippen molar-refractivity contribution >= 4 is 11.3 Å². The molecule has 21 heavy (non-hydrogen) atoms. The first-order valence-electron chi connectivity index (χ1n) is 6.58. The number of benzene rings is 1. The lowest BCUT2D eigenvalue weighted by atomic mass is 10.2. The van der Waals surface area contributed by atoms with Crippen LogP contribution in [0.15, 0.2) is 35.7 Å². The largest absolute Gasteiger partial charge is 0.573 e. The Bertz CT molecular complexity index is 563. The quantitative estimate of drug-likeness (QED) is 0.847. The van der Waals surface area contributed by atoms with E-state index < -0.39 is 6.36 Å². The fourth-order valence-electron chi connectivity index (χ4n) is 1.97. The molecule has 0 aliphatic heterocycles. The SMILES string of the molecule is CCc1ccsc1CNCc1ccc(OC(F)(F)F)cc1. The van der Waals surface area contributed by atoms with Gasteiger partial charge in [-0.1, -0.05) is 19.1 Å². The van der Waals surface area contributed by atoms with Crippen LogP contribution < -0.4 is 10.1 Å². The number of aryl methyl sites for hydroxylation is 1. The van der Waals surface area contributed by atoms with E-state index in [1.165, 1.54) is 22.6 Å². The van der Waals surface area contributed by atoms with Crippen LogP contribution in [0.2, 0.25) is 0 Å². The highest BCUT2D eigenvalue weighted by atomic mass is 32.1. The second kappa shape index (κ2) is 6.95. The van der Waals surface area contributed by atoms with Crippen LogP contribution in [0.5, 0.6) is 5.75 Å². The van der Waals surface area contributed by atoms with E-state index in [1.54, 1.807) is 23.5 Å². The monoisotopic (exact) mass is 315 g/mol. The van der Waals surface area contributed by atoms with Gasteiger partial charge in [-0.15, -0.1) is 24.5 Å². The number of ether oxygens (including phenoxy) is 1. The Morgan fingerprint density at radius 2 is 1.81 bits per heavy atom. The Kier molecular flexibility index (Phi) is 5.25. The average molecular weight is 315 g/mol. The smallest absolute Gasteiger partial charge is 0.406 e. The first-order valence-corrected chi connectivity index (χ1v) is 7.46. The van der Waals surface area contributed by atoms with Gasteiger partial charge >= 0.3 is 6.36 Å². The van der Waals surface area contributed by atoms with E-state index in [4.69, 9.17) is 0 Å². The van der Waals surface area contributed by atoms with Gasteiger partial charge in [-0.25, -0.2) is 0 Å². The number of halogens is 3. The molecule has 1 aromatic heterocycles. The number of hydrogen-bond acceptors (Lipinski definition) is 3. The Labute approximate surface area is 125 Å². The number of hydrogen-bond donors (Lipinski definition) is 1. The summed E-state index contributed by atoms with van der Waals surface area (Å²) in [5, 5.41) is 5.36. The molecule has 0 saturated carbocycles. The molecule has 0 aliphatic rings. The summed E-state index contributed by atoms with van der Waals surface area (Å²) in [4.78, 5) is 1.30. The van der Waals surface area contributed by atoms with Crippen molar-refractivity contribution in [1.29, 1.82) is 0 Å². The van der Waals surface area contributed by atoms with Crippen molar-refractivity contribution in [1.82, 2.24) is 5.32 Å². The molecule has 0 unspecified atom stereocenters. The van der Waals surface area contributed by atoms with E-state index in [0.717, 1.165) is 18.5 Å². The molecule has 2 aromatic rings. The van der Waals surface area contributed by atoms with Crippen molar-refractivity contribution in [3.05, 3.63) is 51.7 Å². The van der Waals surface area contributed by atoms with Crippen LogP contribution >= 0.6 is 11.3 Å². The van der Waals surface area contributed by atoms with Crippen molar-refractivity contribution in [2.24, 2.45) is 0 Å². The van der Waals surface area contributed by atoms with Crippen LogP contribution in [0.4, 0.5) is 13.2 Å². The van der Waals surface area contributed by atoms with Gasteiger partial charge in [0.25, 0.3) is 0 Å². The molecular formula is C15H16F3NOS. The van der Waals surface area contributed by atoms with Gasteiger partial charge in [-0.2, -0.15) is 0 Å². The molecule has 0 saturated heterocycles. The van der Waals surface area contributed by atoms with Crippen molar-refractivity contribution in [3.63, 3.8) is 0 Å². The second-order valence-corrected chi connectivity index (χ2v) is 5.52. The molecule has 114 valence electrons. The predicted octanol–water partition coefficient (Wildman–Crippen LogP) is 4.50. The zero-order chi connectivity index (χ0) is 15.3. The molecule has 0 fully saturated rings. The van der Waals surface area contributed by atoms with Gasteiger partial charge in [-0.3, -0.25) is 0 Å². The molecule has 0 radical (unpaired) electrons. The summed E-state index contributed by atoms with van der Waals surface area (Å²) >= 11 is 1.71. The maximum atomic E-state index is 12.0. The number of rotatable bonds is 6. The van der Waals surface area contributed by atoms with E-state index >= 15 is 0 Å². The maximum absolute atomic E-state index is 12.0. The molecule has 0 bridgehead atoms. The first kappa shape index (κ1) is 15.9. The Hall–Kier alpha value is -1.53. The summed E-state index contributed by atoms with van der Waals surface area (Å²) in [5.41, 5.74) is 2.25. The Balaban J connectivity index is 1.84. The van der Waals surface area contributed by atoms with E-state index in [2.05, 4.69) is 28.4 Å². The minimum Gasteiger partial charge on any atom is -0.406 e. The molecule has 6 heteroatoms. The van der Waals surface area contributed by atoms with Crippen LogP contribution in [-0.4, -0.2) is 6.36 Å². The average Bonchev–Trinajstić information content (AvgIpc) is 2.86. The summed E-state index contributed by atoms with van der Waals surface area (Å²) in [6.45, 7) is 3.49. The molecule has 1 aromatic carbocycles. The molecule has 0 spiro atoms. The minimum atomic E-state index is -4.64. The zero-order valence-corrected chi connectivity index (χ0v) is 12.4. The number of alkyl halides is 3. The van der Waals surface area contributed by atoms with Gasteiger partial charge in [-0.05, 0) is 41.1 Å². The highest BCUT2D eigenvalue weighted by molar-refractivity contribution is 7.10. The van der Waals surface area contributed by atoms with Gasteiger partial charge in [0.05, 0.1) is 0 Å².